The molecule has 0 aromatic carbocycles. The highest BCUT2D eigenvalue weighted by atomic mass is 16.5. The van der Waals surface area contributed by atoms with E-state index in [4.69, 9.17) is 15.2 Å². The van der Waals surface area contributed by atoms with Crippen LogP contribution in [0, 0.1) is 5.92 Å². The summed E-state index contributed by atoms with van der Waals surface area (Å²) in [5.41, 5.74) is 5.98. The van der Waals surface area contributed by atoms with Crippen molar-refractivity contribution in [1.82, 2.24) is 4.90 Å². The lowest BCUT2D eigenvalue weighted by Crippen LogP contribution is -2.44. The molecular formula is C45H88N2O4. The van der Waals surface area contributed by atoms with Crippen LogP contribution in [-0.4, -0.2) is 55.2 Å². The van der Waals surface area contributed by atoms with E-state index < -0.39 is 0 Å². The maximum absolute atomic E-state index is 12.9. The lowest BCUT2D eigenvalue weighted by atomic mass is 9.85. The molecule has 6 heteroatoms. The zero-order chi connectivity index (χ0) is 37.0. The largest absolute Gasteiger partial charge is 0.466 e. The number of nitrogens with two attached hydrogens (primary N) is 1. The Bertz CT molecular complexity index is 761. The SMILES string of the molecule is CCCCCCCCCCCOC(=O)CCCCC1CC(CCCCC(=O)OC(CCCCCCCC)CCCCCCCC)CCN1CCN. The van der Waals surface area contributed by atoms with Gasteiger partial charge in [0.05, 0.1) is 6.61 Å². The van der Waals surface area contributed by atoms with E-state index in [0.29, 0.717) is 32.0 Å². The lowest BCUT2D eigenvalue weighted by molar-refractivity contribution is -0.150. The van der Waals surface area contributed by atoms with E-state index in [9.17, 15) is 9.59 Å². The monoisotopic (exact) mass is 721 g/mol. The molecule has 302 valence electrons. The Hall–Kier alpha value is -1.14. The second kappa shape index (κ2) is 35.9. The van der Waals surface area contributed by atoms with Gasteiger partial charge in [-0.3, -0.25) is 14.5 Å². The zero-order valence-corrected chi connectivity index (χ0v) is 34.6. The standard InChI is InChI=1S/C45H88N2O4/c1-4-7-10-13-16-17-18-21-28-39-50-44(48)33-27-25-30-42-40-41(35-37-47(42)38-36-46)29-24-26-34-45(49)51-43(31-22-19-14-11-8-5-2)32-23-20-15-12-9-6-3/h41-43H,4-40,46H2,1-3H3. The van der Waals surface area contributed by atoms with E-state index in [0.717, 1.165) is 70.4 Å². The van der Waals surface area contributed by atoms with E-state index in [1.54, 1.807) is 0 Å². The molecule has 0 bridgehead atoms. The van der Waals surface area contributed by atoms with Crippen molar-refractivity contribution in [1.29, 1.82) is 0 Å². The van der Waals surface area contributed by atoms with Gasteiger partial charge < -0.3 is 15.2 Å². The number of carbonyl (C=O) groups excluding carboxylic acids is 2. The number of carbonyl (C=O) groups is 2. The van der Waals surface area contributed by atoms with Gasteiger partial charge in [-0.2, -0.15) is 0 Å². The number of ether oxygens (including phenoxy) is 2. The van der Waals surface area contributed by atoms with Crippen LogP contribution in [0.1, 0.15) is 233 Å². The first-order valence-electron chi connectivity index (χ1n) is 22.8. The summed E-state index contributed by atoms with van der Waals surface area (Å²) in [4.78, 5) is 27.8. The minimum absolute atomic E-state index is 0.0236. The average Bonchev–Trinajstić information content (AvgIpc) is 3.13. The topological polar surface area (TPSA) is 81.9 Å². The van der Waals surface area contributed by atoms with E-state index in [-0.39, 0.29) is 18.0 Å². The van der Waals surface area contributed by atoms with E-state index >= 15 is 0 Å². The lowest BCUT2D eigenvalue weighted by Gasteiger charge is -2.39. The highest BCUT2D eigenvalue weighted by Gasteiger charge is 2.27. The smallest absolute Gasteiger partial charge is 0.306 e. The van der Waals surface area contributed by atoms with Gasteiger partial charge in [0.25, 0.3) is 0 Å². The van der Waals surface area contributed by atoms with Crippen molar-refractivity contribution < 1.29 is 19.1 Å². The molecule has 2 unspecified atom stereocenters. The first kappa shape index (κ1) is 47.9. The van der Waals surface area contributed by atoms with Gasteiger partial charge in [-0.1, -0.05) is 156 Å². The van der Waals surface area contributed by atoms with Crippen LogP contribution in [0.15, 0.2) is 0 Å². The van der Waals surface area contributed by atoms with Crippen molar-refractivity contribution in [3.63, 3.8) is 0 Å². The van der Waals surface area contributed by atoms with Crippen LogP contribution in [0.25, 0.3) is 0 Å². The Balaban J connectivity index is 2.28. The van der Waals surface area contributed by atoms with E-state index in [1.807, 2.05) is 0 Å². The maximum Gasteiger partial charge on any atom is 0.306 e. The van der Waals surface area contributed by atoms with E-state index in [1.165, 1.54) is 148 Å². The highest BCUT2D eigenvalue weighted by molar-refractivity contribution is 5.69. The van der Waals surface area contributed by atoms with Crippen molar-refractivity contribution in [2.24, 2.45) is 11.7 Å². The minimum atomic E-state index is -0.0236. The molecule has 51 heavy (non-hydrogen) atoms. The van der Waals surface area contributed by atoms with Gasteiger partial charge in [0.15, 0.2) is 0 Å². The molecule has 1 heterocycles. The van der Waals surface area contributed by atoms with Crippen LogP contribution in [0.2, 0.25) is 0 Å². The van der Waals surface area contributed by atoms with Crippen LogP contribution in [0.3, 0.4) is 0 Å². The first-order valence-corrected chi connectivity index (χ1v) is 22.8. The Morgan fingerprint density at radius 2 is 1.10 bits per heavy atom. The number of piperidine rings is 1. The zero-order valence-electron chi connectivity index (χ0n) is 34.6. The summed E-state index contributed by atoms with van der Waals surface area (Å²) in [7, 11) is 0. The first-order chi connectivity index (χ1) is 25.0. The predicted molar refractivity (Wildman–Crippen MR) is 218 cm³/mol. The second-order valence-electron chi connectivity index (χ2n) is 16.1. The van der Waals surface area contributed by atoms with Crippen LogP contribution in [-0.2, 0) is 19.1 Å². The molecule has 0 spiro atoms. The van der Waals surface area contributed by atoms with Crippen LogP contribution in [0.4, 0.5) is 0 Å². The molecule has 0 aromatic heterocycles. The van der Waals surface area contributed by atoms with Crippen molar-refractivity contribution in [2.45, 2.75) is 245 Å². The molecule has 0 aromatic rings. The molecule has 1 aliphatic heterocycles. The molecule has 0 aliphatic carbocycles. The average molecular weight is 721 g/mol. The molecule has 1 saturated heterocycles. The number of hydrogen-bond acceptors (Lipinski definition) is 6. The Kier molecular flexibility index (Phi) is 33.7. The van der Waals surface area contributed by atoms with Crippen LogP contribution >= 0.6 is 0 Å². The summed E-state index contributed by atoms with van der Waals surface area (Å²) < 4.78 is 11.6. The predicted octanol–water partition coefficient (Wildman–Crippen LogP) is 12.6. The van der Waals surface area contributed by atoms with Gasteiger partial charge in [0.1, 0.15) is 6.10 Å². The van der Waals surface area contributed by atoms with Gasteiger partial charge in [0, 0.05) is 32.0 Å². The van der Waals surface area contributed by atoms with Crippen molar-refractivity contribution in [2.75, 3.05) is 26.2 Å². The number of unbranched alkanes of at least 4 members (excludes halogenated alkanes) is 20. The normalized spacial score (nSPS) is 16.6. The summed E-state index contributed by atoms with van der Waals surface area (Å²) >= 11 is 0. The molecule has 1 aliphatic rings. The number of nitrogens with zero attached hydrogens (tertiary/aromatic N) is 1. The number of hydrogen-bond donors (Lipinski definition) is 1. The molecule has 2 atom stereocenters. The minimum Gasteiger partial charge on any atom is -0.466 e. The van der Waals surface area contributed by atoms with Gasteiger partial charge in [0.2, 0.25) is 0 Å². The Morgan fingerprint density at radius 3 is 1.65 bits per heavy atom. The van der Waals surface area contributed by atoms with Crippen LogP contribution in [0.5, 0.6) is 0 Å². The number of likely N-dealkylation sites (tertiary alicyclic amines) is 1. The number of rotatable bonds is 37. The molecule has 1 rings (SSSR count). The fourth-order valence-corrected chi connectivity index (χ4v) is 8.04. The quantitative estimate of drug-likeness (QED) is 0.0508. The highest BCUT2D eigenvalue weighted by Crippen LogP contribution is 2.30. The summed E-state index contributed by atoms with van der Waals surface area (Å²) in [5, 5.41) is 0. The summed E-state index contributed by atoms with van der Waals surface area (Å²) in [6, 6.07) is 0.556. The van der Waals surface area contributed by atoms with Crippen molar-refractivity contribution >= 4 is 11.9 Å². The van der Waals surface area contributed by atoms with E-state index in [2.05, 4.69) is 25.7 Å². The van der Waals surface area contributed by atoms with Crippen LogP contribution < -0.4 is 5.73 Å². The Labute approximate surface area is 317 Å². The summed E-state index contributed by atoms with van der Waals surface area (Å²) in [5.74, 6) is 0.721. The summed E-state index contributed by atoms with van der Waals surface area (Å²) in [6.45, 7) is 10.2. The third kappa shape index (κ3) is 29.0. The number of esters is 2. The Morgan fingerprint density at radius 1 is 0.608 bits per heavy atom. The molecule has 1 fully saturated rings. The molecular weight excluding hydrogens is 633 g/mol. The van der Waals surface area contributed by atoms with Gasteiger partial charge in [-0.15, -0.1) is 0 Å². The fraction of sp³-hybridized carbons (Fsp3) is 0.956. The molecule has 2 N–H and O–H groups in total. The summed E-state index contributed by atoms with van der Waals surface area (Å²) in [6.07, 6.45) is 39.0. The van der Waals surface area contributed by atoms with Gasteiger partial charge >= 0.3 is 11.9 Å². The molecule has 0 amide bonds. The van der Waals surface area contributed by atoms with Crippen molar-refractivity contribution in [3.8, 4) is 0 Å². The third-order valence-electron chi connectivity index (χ3n) is 11.3. The molecule has 6 nitrogen and oxygen atoms in total. The van der Waals surface area contributed by atoms with Crippen molar-refractivity contribution in [3.05, 3.63) is 0 Å². The maximum atomic E-state index is 12.9. The van der Waals surface area contributed by atoms with Gasteiger partial charge in [-0.05, 0) is 76.7 Å². The second-order valence-corrected chi connectivity index (χ2v) is 16.1. The molecule has 0 saturated carbocycles. The third-order valence-corrected chi connectivity index (χ3v) is 11.3. The molecule has 0 radical (unpaired) electrons. The van der Waals surface area contributed by atoms with Gasteiger partial charge in [-0.25, -0.2) is 0 Å². The fourth-order valence-electron chi connectivity index (χ4n) is 8.04.